The van der Waals surface area contributed by atoms with E-state index in [1.807, 2.05) is 17.9 Å². The largest absolute Gasteiger partial charge is 0.416 e. The van der Waals surface area contributed by atoms with Crippen molar-refractivity contribution >= 4 is 34.9 Å². The van der Waals surface area contributed by atoms with E-state index in [1.165, 1.54) is 17.9 Å². The number of alkyl halides is 3. The lowest BCUT2D eigenvalue weighted by molar-refractivity contribution is -0.137. The number of halogens is 3. The summed E-state index contributed by atoms with van der Waals surface area (Å²) in [6, 6.07) is 5.78. The van der Waals surface area contributed by atoms with E-state index in [-0.39, 0.29) is 42.8 Å². The van der Waals surface area contributed by atoms with Crippen LogP contribution >= 0.6 is 0 Å². The van der Waals surface area contributed by atoms with Gasteiger partial charge in [0.2, 0.25) is 23.6 Å². The topological polar surface area (TPSA) is 116 Å². The standard InChI is InChI=1S/C31H34F3N7O4/c1-6-26(42)40-14-8-11-22(40)29-36-25(45-37-29)17-38(4)28-18(2)9-7-10-21(28)39(5)30(44)23-12-13-27(43)41(23)24-16-20(31(32,33)34)15-19(3)35-24/h6-7,9-10,15-16,22-23H,1,8,11-14,17H2,2-5H3. The molecular formula is C31H34F3N7O4. The van der Waals surface area contributed by atoms with Gasteiger partial charge in [0.25, 0.3) is 0 Å². The second-order valence-electron chi connectivity index (χ2n) is 11.3. The SMILES string of the molecule is C=CC(=O)N1CCCC1c1noc(CN(C)c2c(C)cccc2N(C)C(=O)C2CCC(=O)N2c2cc(C(F)(F)F)cc(C)n2)n1. The Balaban J connectivity index is 1.39. The quantitative estimate of drug-likeness (QED) is 0.330. The predicted octanol–water partition coefficient (Wildman–Crippen LogP) is 4.74. The van der Waals surface area contributed by atoms with Gasteiger partial charge in [-0.25, -0.2) is 4.98 Å². The van der Waals surface area contributed by atoms with Crippen LogP contribution in [0, 0.1) is 13.8 Å². The Morgan fingerprint density at radius 1 is 1.16 bits per heavy atom. The van der Waals surface area contributed by atoms with E-state index < -0.39 is 29.6 Å². The number of likely N-dealkylation sites (N-methyl/N-ethyl adjacent to an activating group) is 1. The van der Waals surface area contributed by atoms with Gasteiger partial charge < -0.3 is 19.2 Å². The first-order chi connectivity index (χ1) is 21.3. The average Bonchev–Trinajstić information content (AvgIpc) is 3.75. The fourth-order valence-corrected chi connectivity index (χ4v) is 6.06. The van der Waals surface area contributed by atoms with E-state index in [9.17, 15) is 27.6 Å². The van der Waals surface area contributed by atoms with Crippen molar-refractivity contribution in [2.24, 2.45) is 0 Å². The molecule has 2 atom stereocenters. The van der Waals surface area contributed by atoms with Crippen LogP contribution < -0.4 is 14.7 Å². The maximum Gasteiger partial charge on any atom is 0.416 e. The van der Waals surface area contributed by atoms with Crippen molar-refractivity contribution in [2.75, 3.05) is 35.3 Å². The third-order valence-corrected chi connectivity index (χ3v) is 8.17. The van der Waals surface area contributed by atoms with E-state index >= 15 is 0 Å². The number of anilines is 3. The first kappa shape index (κ1) is 31.7. The second kappa shape index (κ2) is 12.3. The third kappa shape index (κ3) is 6.26. The Bertz CT molecular complexity index is 1640. The molecule has 45 heavy (non-hydrogen) atoms. The van der Waals surface area contributed by atoms with Crippen molar-refractivity contribution in [1.29, 1.82) is 0 Å². The number of amides is 3. The molecule has 2 saturated heterocycles. The Kier molecular flexibility index (Phi) is 8.68. The van der Waals surface area contributed by atoms with E-state index in [2.05, 4.69) is 21.7 Å². The number of benzene rings is 1. The van der Waals surface area contributed by atoms with E-state index in [4.69, 9.17) is 4.52 Å². The van der Waals surface area contributed by atoms with Gasteiger partial charge in [-0.3, -0.25) is 19.3 Å². The summed E-state index contributed by atoms with van der Waals surface area (Å²) in [7, 11) is 3.37. The summed E-state index contributed by atoms with van der Waals surface area (Å²) in [6.07, 6.45) is -1.72. The Morgan fingerprint density at radius 3 is 2.62 bits per heavy atom. The lowest BCUT2D eigenvalue weighted by Gasteiger charge is -2.31. The molecule has 0 N–H and O–H groups in total. The number of aryl methyl sites for hydroxylation is 2. The molecule has 238 valence electrons. The van der Waals surface area contributed by atoms with Crippen LogP contribution in [0.4, 0.5) is 30.4 Å². The molecule has 0 aliphatic carbocycles. The van der Waals surface area contributed by atoms with Crippen LogP contribution in [0.25, 0.3) is 0 Å². The van der Waals surface area contributed by atoms with Crippen LogP contribution in [-0.2, 0) is 27.1 Å². The minimum absolute atomic E-state index is 0.00187. The minimum Gasteiger partial charge on any atom is -0.363 e. The number of hydrogen-bond acceptors (Lipinski definition) is 8. The highest BCUT2D eigenvalue weighted by molar-refractivity contribution is 6.09. The molecule has 0 bridgehead atoms. The van der Waals surface area contributed by atoms with Gasteiger partial charge in [0.05, 0.1) is 29.5 Å². The zero-order valence-electron chi connectivity index (χ0n) is 25.5. The molecule has 3 aromatic rings. The smallest absolute Gasteiger partial charge is 0.363 e. The maximum absolute atomic E-state index is 13.9. The van der Waals surface area contributed by atoms with E-state index in [0.29, 0.717) is 36.1 Å². The molecule has 2 aromatic heterocycles. The molecule has 11 nitrogen and oxygen atoms in total. The molecule has 2 aliphatic heterocycles. The number of carbonyl (C=O) groups excluding carboxylic acids is 3. The van der Waals surface area contributed by atoms with Crippen molar-refractivity contribution in [2.45, 2.75) is 64.3 Å². The molecule has 0 radical (unpaired) electrons. The number of carbonyl (C=O) groups is 3. The summed E-state index contributed by atoms with van der Waals surface area (Å²) in [5.41, 5.74) is 1.18. The molecule has 5 rings (SSSR count). The molecule has 0 spiro atoms. The number of pyridine rings is 1. The van der Waals surface area contributed by atoms with Gasteiger partial charge in [-0.2, -0.15) is 18.2 Å². The van der Waals surface area contributed by atoms with Gasteiger partial charge in [-0.15, -0.1) is 0 Å². The van der Waals surface area contributed by atoms with Gasteiger partial charge in [-0.1, -0.05) is 23.9 Å². The minimum atomic E-state index is -4.64. The molecule has 4 heterocycles. The fraction of sp³-hybridized carbons (Fsp3) is 0.419. The fourth-order valence-electron chi connectivity index (χ4n) is 6.06. The summed E-state index contributed by atoms with van der Waals surface area (Å²) in [5.74, 6) is -0.621. The first-order valence-corrected chi connectivity index (χ1v) is 14.5. The highest BCUT2D eigenvalue weighted by Gasteiger charge is 2.41. The normalized spacial score (nSPS) is 18.4. The van der Waals surface area contributed by atoms with Crippen LogP contribution in [0.3, 0.4) is 0 Å². The predicted molar refractivity (Wildman–Crippen MR) is 159 cm³/mol. The van der Waals surface area contributed by atoms with Crippen molar-refractivity contribution < 1.29 is 32.1 Å². The lowest BCUT2D eigenvalue weighted by atomic mass is 10.1. The molecule has 14 heteroatoms. The molecule has 2 aliphatic rings. The van der Waals surface area contributed by atoms with Crippen molar-refractivity contribution in [3.63, 3.8) is 0 Å². The monoisotopic (exact) mass is 625 g/mol. The maximum atomic E-state index is 13.9. The van der Waals surface area contributed by atoms with Gasteiger partial charge in [0.1, 0.15) is 11.9 Å². The number of hydrogen-bond donors (Lipinski definition) is 0. The summed E-state index contributed by atoms with van der Waals surface area (Å²) >= 11 is 0. The highest BCUT2D eigenvalue weighted by Crippen LogP contribution is 2.37. The van der Waals surface area contributed by atoms with Crippen LogP contribution in [0.15, 0.2) is 47.5 Å². The Hall–Kier alpha value is -4.75. The second-order valence-corrected chi connectivity index (χ2v) is 11.3. The molecule has 1 aromatic carbocycles. The van der Waals surface area contributed by atoms with Gasteiger partial charge in [0.15, 0.2) is 5.82 Å². The van der Waals surface area contributed by atoms with Crippen LogP contribution in [0.1, 0.15) is 60.3 Å². The zero-order valence-corrected chi connectivity index (χ0v) is 25.5. The molecule has 0 saturated carbocycles. The van der Waals surface area contributed by atoms with Crippen LogP contribution in [0.5, 0.6) is 0 Å². The highest BCUT2D eigenvalue weighted by atomic mass is 19.4. The summed E-state index contributed by atoms with van der Waals surface area (Å²) in [4.78, 5) is 53.8. The van der Waals surface area contributed by atoms with Gasteiger partial charge >= 0.3 is 6.18 Å². The van der Waals surface area contributed by atoms with Crippen molar-refractivity contribution in [1.82, 2.24) is 20.0 Å². The Morgan fingerprint density at radius 2 is 1.91 bits per heavy atom. The molecule has 2 unspecified atom stereocenters. The number of para-hydroxylation sites is 1. The third-order valence-electron chi connectivity index (χ3n) is 8.17. The lowest BCUT2D eigenvalue weighted by Crippen LogP contribution is -2.46. The average molecular weight is 626 g/mol. The van der Waals surface area contributed by atoms with Gasteiger partial charge in [-0.05, 0) is 62.9 Å². The number of aromatic nitrogens is 3. The Labute approximate surface area is 258 Å². The summed E-state index contributed by atoms with van der Waals surface area (Å²) in [6.45, 7) is 7.63. The van der Waals surface area contributed by atoms with E-state index in [0.717, 1.165) is 29.0 Å². The van der Waals surface area contributed by atoms with Crippen molar-refractivity contribution in [3.8, 4) is 0 Å². The molecule has 2 fully saturated rings. The number of likely N-dealkylation sites (tertiary alicyclic amines) is 1. The van der Waals surface area contributed by atoms with Crippen molar-refractivity contribution in [3.05, 3.63) is 71.5 Å². The zero-order chi connectivity index (χ0) is 32.6. The number of rotatable bonds is 8. The molecular weight excluding hydrogens is 591 g/mol. The van der Waals surface area contributed by atoms with E-state index in [1.54, 1.807) is 31.1 Å². The first-order valence-electron chi connectivity index (χ1n) is 14.5. The molecule has 3 amide bonds. The number of nitrogens with zero attached hydrogens (tertiary/aromatic N) is 7. The summed E-state index contributed by atoms with van der Waals surface area (Å²) in [5, 5.41) is 4.12. The van der Waals surface area contributed by atoms with Crippen LogP contribution in [-0.4, -0.2) is 64.4 Å². The van der Waals surface area contributed by atoms with Crippen LogP contribution in [0.2, 0.25) is 0 Å². The van der Waals surface area contributed by atoms with Gasteiger partial charge in [0, 0.05) is 32.8 Å². The summed E-state index contributed by atoms with van der Waals surface area (Å²) < 4.78 is 46.2.